The molecule has 1 fully saturated rings. The summed E-state index contributed by atoms with van der Waals surface area (Å²) < 4.78 is 7.83. The molecule has 0 unspecified atom stereocenters. The molecule has 1 aliphatic rings. The summed E-state index contributed by atoms with van der Waals surface area (Å²) in [5, 5.41) is 19.7. The van der Waals surface area contributed by atoms with Gasteiger partial charge in [0, 0.05) is 12.6 Å². The number of hydrogen-bond acceptors (Lipinski definition) is 6. The molecular weight excluding hydrogens is 268 g/mol. The van der Waals surface area contributed by atoms with Gasteiger partial charge in [-0.2, -0.15) is 0 Å². The number of aromatic nitrogens is 3. The van der Waals surface area contributed by atoms with Crippen LogP contribution in [0.2, 0.25) is 0 Å². The number of nitrogens with zero attached hydrogens (tertiary/aromatic N) is 2. The van der Waals surface area contributed by atoms with Gasteiger partial charge in [0.25, 0.3) is 0 Å². The average molecular weight is 282 g/mol. The Balaban J connectivity index is 2.05. The maximum absolute atomic E-state index is 9.77. The third kappa shape index (κ3) is 2.02. The molecule has 1 aliphatic heterocycles. The minimum Gasteiger partial charge on any atom is -0.394 e. The number of aliphatic hydroxyl groups excluding tert-OH is 2. The highest BCUT2D eigenvalue weighted by atomic mass is 32.1. The van der Waals surface area contributed by atoms with Crippen LogP contribution in [0.1, 0.15) is 12.6 Å². The monoisotopic (exact) mass is 282 g/mol. The van der Waals surface area contributed by atoms with Crippen LogP contribution in [-0.4, -0.2) is 43.6 Å². The molecule has 3 atom stereocenters. The molecule has 3 rings (SSSR count). The van der Waals surface area contributed by atoms with Gasteiger partial charge >= 0.3 is 0 Å². The van der Waals surface area contributed by atoms with Crippen molar-refractivity contribution < 1.29 is 14.9 Å². The average Bonchev–Trinajstić information content (AvgIpc) is 2.92. The van der Waals surface area contributed by atoms with E-state index in [4.69, 9.17) is 27.8 Å². The SMILES string of the molecule is Nc1nc(=S)c2ccn([C@@H]3C[C@H](O)[C@@H](CO)O3)c2[nH]1. The highest BCUT2D eigenvalue weighted by Gasteiger charge is 2.34. The quantitative estimate of drug-likeness (QED) is 0.590. The van der Waals surface area contributed by atoms with E-state index < -0.39 is 12.2 Å². The third-order valence-corrected chi connectivity index (χ3v) is 3.62. The number of fused-ring (bicyclic) bond motifs is 1. The molecule has 0 aliphatic carbocycles. The Morgan fingerprint density at radius 1 is 1.63 bits per heavy atom. The Hall–Kier alpha value is -1.48. The Morgan fingerprint density at radius 3 is 3.11 bits per heavy atom. The van der Waals surface area contributed by atoms with E-state index in [2.05, 4.69) is 9.97 Å². The number of hydrogen-bond donors (Lipinski definition) is 4. The summed E-state index contributed by atoms with van der Waals surface area (Å²) in [6, 6.07) is 1.82. The number of nitrogens with one attached hydrogen (secondary N) is 1. The lowest BCUT2D eigenvalue weighted by molar-refractivity contribution is -0.0430. The van der Waals surface area contributed by atoms with E-state index in [1.165, 1.54) is 0 Å². The molecule has 102 valence electrons. The number of nitrogen functional groups attached to an aromatic ring is 1. The lowest BCUT2D eigenvalue weighted by Crippen LogP contribution is -2.24. The summed E-state index contributed by atoms with van der Waals surface area (Å²) in [4.78, 5) is 6.92. The van der Waals surface area contributed by atoms with Crippen LogP contribution in [-0.2, 0) is 4.74 Å². The van der Waals surface area contributed by atoms with Gasteiger partial charge in [0.2, 0.25) is 0 Å². The zero-order valence-corrected chi connectivity index (χ0v) is 10.8. The van der Waals surface area contributed by atoms with Gasteiger partial charge in [-0.15, -0.1) is 0 Å². The minimum absolute atomic E-state index is 0.212. The predicted octanol–water partition coefficient (Wildman–Crippen LogP) is 0.317. The number of ether oxygens (including phenoxy) is 1. The minimum atomic E-state index is -0.686. The topological polar surface area (TPSA) is 109 Å². The van der Waals surface area contributed by atoms with Crippen molar-refractivity contribution >= 4 is 29.2 Å². The normalized spacial score (nSPS) is 27.2. The van der Waals surface area contributed by atoms with Crippen molar-refractivity contribution in [1.82, 2.24) is 14.5 Å². The number of nitrogens with two attached hydrogens (primary N) is 1. The number of anilines is 1. The number of aliphatic hydroxyl groups is 2. The highest BCUT2D eigenvalue weighted by molar-refractivity contribution is 7.71. The smallest absolute Gasteiger partial charge is 0.200 e. The molecule has 0 saturated carbocycles. The van der Waals surface area contributed by atoms with E-state index in [1.807, 2.05) is 10.6 Å². The standard InChI is InChI=1S/C11H14N4O3S/c12-11-13-9-5(10(19)14-11)1-2-15(9)8-3-6(17)7(4-16)18-8/h1-2,6-8,16-17H,3-4H2,(H3,12,13,14,19)/t6-,7+,8-/m0/s1. The highest BCUT2D eigenvalue weighted by Crippen LogP contribution is 2.31. The lowest BCUT2D eigenvalue weighted by Gasteiger charge is -2.14. The maximum atomic E-state index is 9.77. The molecule has 0 spiro atoms. The molecule has 1 saturated heterocycles. The first kappa shape index (κ1) is 12.5. The van der Waals surface area contributed by atoms with Gasteiger partial charge in [0.1, 0.15) is 22.6 Å². The molecule has 5 N–H and O–H groups in total. The molecule has 8 heteroatoms. The summed E-state index contributed by atoms with van der Waals surface area (Å²) in [7, 11) is 0. The first-order valence-electron chi connectivity index (χ1n) is 5.91. The maximum Gasteiger partial charge on any atom is 0.200 e. The van der Waals surface area contributed by atoms with E-state index in [0.29, 0.717) is 16.7 Å². The Bertz CT molecular complexity index is 667. The van der Waals surface area contributed by atoms with Crippen molar-refractivity contribution in [3.8, 4) is 0 Å². The first-order valence-corrected chi connectivity index (χ1v) is 6.31. The summed E-state index contributed by atoms with van der Waals surface area (Å²) >= 11 is 5.14. The second-order valence-corrected chi connectivity index (χ2v) is 4.91. The second-order valence-electron chi connectivity index (χ2n) is 4.53. The van der Waals surface area contributed by atoms with Gasteiger partial charge in [0.05, 0.1) is 18.1 Å². The van der Waals surface area contributed by atoms with Crippen LogP contribution in [0, 0.1) is 4.64 Å². The molecule has 3 heterocycles. The van der Waals surface area contributed by atoms with Crippen LogP contribution in [0.4, 0.5) is 5.95 Å². The van der Waals surface area contributed by atoms with E-state index in [0.717, 1.165) is 5.39 Å². The van der Waals surface area contributed by atoms with Crippen LogP contribution in [0.5, 0.6) is 0 Å². The number of H-pyrrole nitrogens is 1. The fourth-order valence-corrected chi connectivity index (χ4v) is 2.62. The van der Waals surface area contributed by atoms with Crippen molar-refractivity contribution in [3.63, 3.8) is 0 Å². The van der Waals surface area contributed by atoms with Crippen molar-refractivity contribution in [2.24, 2.45) is 0 Å². The molecule has 0 aromatic carbocycles. The van der Waals surface area contributed by atoms with Crippen molar-refractivity contribution in [1.29, 1.82) is 0 Å². The fourth-order valence-electron chi connectivity index (χ4n) is 2.36. The van der Waals surface area contributed by atoms with Gasteiger partial charge in [-0.25, -0.2) is 4.98 Å². The molecule has 0 bridgehead atoms. The molecule has 2 aromatic heterocycles. The molecule has 0 radical (unpaired) electrons. The van der Waals surface area contributed by atoms with E-state index in [1.54, 1.807) is 6.20 Å². The van der Waals surface area contributed by atoms with Gasteiger partial charge in [-0.3, -0.25) is 0 Å². The van der Waals surface area contributed by atoms with Crippen LogP contribution in [0.15, 0.2) is 12.3 Å². The van der Waals surface area contributed by atoms with Gasteiger partial charge in [0.15, 0.2) is 5.95 Å². The van der Waals surface area contributed by atoms with Gasteiger partial charge in [-0.05, 0) is 6.07 Å². The van der Waals surface area contributed by atoms with Crippen LogP contribution >= 0.6 is 12.2 Å². The zero-order chi connectivity index (χ0) is 13.6. The van der Waals surface area contributed by atoms with Crippen molar-refractivity contribution in [2.75, 3.05) is 12.3 Å². The van der Waals surface area contributed by atoms with Crippen LogP contribution < -0.4 is 5.73 Å². The molecule has 7 nitrogen and oxygen atoms in total. The Labute approximate surface area is 113 Å². The van der Waals surface area contributed by atoms with Crippen molar-refractivity contribution in [2.45, 2.75) is 24.9 Å². The third-order valence-electron chi connectivity index (χ3n) is 3.31. The van der Waals surface area contributed by atoms with E-state index >= 15 is 0 Å². The molecular formula is C11H14N4O3S. The lowest BCUT2D eigenvalue weighted by atomic mass is 10.2. The van der Waals surface area contributed by atoms with Crippen molar-refractivity contribution in [3.05, 3.63) is 16.9 Å². The van der Waals surface area contributed by atoms with Crippen LogP contribution in [0.3, 0.4) is 0 Å². The fraction of sp³-hybridized carbons (Fsp3) is 0.455. The van der Waals surface area contributed by atoms with Crippen LogP contribution in [0.25, 0.3) is 11.0 Å². The predicted molar refractivity (Wildman–Crippen MR) is 70.9 cm³/mol. The summed E-state index contributed by atoms with van der Waals surface area (Å²) in [6.45, 7) is -0.212. The Morgan fingerprint density at radius 2 is 2.42 bits per heavy atom. The summed E-state index contributed by atoms with van der Waals surface area (Å²) in [6.07, 6.45) is 0.587. The first-order chi connectivity index (χ1) is 9.10. The summed E-state index contributed by atoms with van der Waals surface area (Å²) in [5.41, 5.74) is 6.36. The van der Waals surface area contributed by atoms with E-state index in [-0.39, 0.29) is 18.8 Å². The Kier molecular flexibility index (Phi) is 3.02. The van der Waals surface area contributed by atoms with Gasteiger partial charge in [-0.1, -0.05) is 12.2 Å². The second kappa shape index (κ2) is 4.57. The zero-order valence-electron chi connectivity index (χ0n) is 9.98. The molecule has 19 heavy (non-hydrogen) atoms. The molecule has 2 aromatic rings. The number of rotatable bonds is 2. The van der Waals surface area contributed by atoms with Gasteiger partial charge < -0.3 is 30.2 Å². The largest absolute Gasteiger partial charge is 0.394 e. The number of aromatic amines is 1. The molecule has 0 amide bonds. The summed E-state index contributed by atoms with van der Waals surface area (Å²) in [5.74, 6) is 0.231. The van der Waals surface area contributed by atoms with E-state index in [9.17, 15) is 5.11 Å².